The molecule has 3 N–H and O–H groups in total. The van der Waals surface area contributed by atoms with Gasteiger partial charge < -0.3 is 6.15 Å². The molecule has 0 spiro atoms. The monoisotopic (exact) mass is 193 g/mol. The fraction of sp³-hybridized carbons (Fsp3) is 0. The van der Waals surface area contributed by atoms with E-state index in [4.69, 9.17) is 0 Å². The fourth-order valence-corrected chi connectivity index (χ4v) is 0. The fourth-order valence-electron chi connectivity index (χ4n) is 0. The summed E-state index contributed by atoms with van der Waals surface area (Å²) in [7, 11) is 0. The molecule has 4 heavy (non-hydrogen) atoms. The van der Waals surface area contributed by atoms with Crippen LogP contribution >= 0.6 is 0 Å². The van der Waals surface area contributed by atoms with Gasteiger partial charge in [-0.15, -0.1) is 0 Å². The molecule has 2 radical (unpaired) electrons. The molecule has 0 atom stereocenters. The maximum Gasteiger partial charge on any atom is 0 e. The molecule has 0 rings (SSSR count). The van der Waals surface area contributed by atoms with Gasteiger partial charge in [0.2, 0.25) is 0 Å². The molecular formula is H7NNbSiV. The van der Waals surface area contributed by atoms with Crippen molar-refractivity contribution < 1.29 is 40.9 Å². The molecular weight excluding hydrogens is 186 g/mol. The predicted octanol–water partition coefficient (Wildman–Crippen LogP) is -1.29. The van der Waals surface area contributed by atoms with Crippen molar-refractivity contribution in [3.63, 3.8) is 0 Å². The third-order valence-corrected chi connectivity index (χ3v) is 0. The summed E-state index contributed by atoms with van der Waals surface area (Å²) in [6, 6.07) is 0. The van der Waals surface area contributed by atoms with E-state index >= 15 is 0 Å². The maximum atomic E-state index is 0. The summed E-state index contributed by atoms with van der Waals surface area (Å²) in [5, 5.41) is 0. The van der Waals surface area contributed by atoms with Gasteiger partial charge >= 0.3 is 0 Å². The van der Waals surface area contributed by atoms with Gasteiger partial charge in [0.25, 0.3) is 0 Å². The summed E-state index contributed by atoms with van der Waals surface area (Å²) in [6.07, 6.45) is 0. The van der Waals surface area contributed by atoms with Crippen LogP contribution in [0.1, 0.15) is 0 Å². The zero-order chi connectivity index (χ0) is 0. The van der Waals surface area contributed by atoms with Crippen LogP contribution < -0.4 is 6.15 Å². The van der Waals surface area contributed by atoms with Crippen molar-refractivity contribution in [2.45, 2.75) is 0 Å². The molecule has 0 heterocycles. The summed E-state index contributed by atoms with van der Waals surface area (Å²) >= 11 is 0. The Hall–Kier alpha value is 1.50. The van der Waals surface area contributed by atoms with Crippen LogP contribution in [-0.4, -0.2) is 11.0 Å². The molecule has 0 bridgehead atoms. The zero-order valence-electron chi connectivity index (χ0n) is 1.60. The Morgan fingerprint density at radius 3 is 1.00 bits per heavy atom. The van der Waals surface area contributed by atoms with Crippen LogP contribution in [0.2, 0.25) is 0 Å². The van der Waals surface area contributed by atoms with Crippen LogP contribution in [0.4, 0.5) is 0 Å². The molecule has 0 amide bonds. The van der Waals surface area contributed by atoms with Crippen LogP contribution in [0, 0.1) is 0 Å². The Kier molecular flexibility index (Phi) is 303. The van der Waals surface area contributed by atoms with Gasteiger partial charge in [-0.1, -0.05) is 0 Å². The molecule has 1 nitrogen and oxygen atoms in total. The Morgan fingerprint density at radius 1 is 1.00 bits per heavy atom. The number of hydrogen-bond acceptors (Lipinski definition) is 1. The largest absolute Gasteiger partial charge is 0.344 e. The molecule has 0 saturated heterocycles. The molecule has 0 aromatic carbocycles. The van der Waals surface area contributed by atoms with Gasteiger partial charge in [-0.3, -0.25) is 0 Å². The summed E-state index contributed by atoms with van der Waals surface area (Å²) < 4.78 is 0. The molecule has 26 valence electrons. The first kappa shape index (κ1) is 49.4. The quantitative estimate of drug-likeness (QED) is 0.477. The van der Waals surface area contributed by atoms with Gasteiger partial charge in [0, 0.05) is 40.9 Å². The molecule has 0 aliphatic carbocycles. The Morgan fingerprint density at radius 2 is 1.00 bits per heavy atom. The van der Waals surface area contributed by atoms with E-state index in [1.165, 1.54) is 0 Å². The zero-order valence-corrected chi connectivity index (χ0v) is 5.20. The van der Waals surface area contributed by atoms with Crippen molar-refractivity contribution in [2.75, 3.05) is 0 Å². The molecule has 4 heteroatoms. The van der Waals surface area contributed by atoms with Gasteiger partial charge in [-0.2, -0.15) is 0 Å². The van der Waals surface area contributed by atoms with Crippen LogP contribution in [-0.2, 0) is 40.9 Å². The average molecular weight is 193 g/mol. The van der Waals surface area contributed by atoms with Crippen molar-refractivity contribution in [3.05, 3.63) is 0 Å². The number of hydrogen-bond donors (Lipinski definition) is 1. The second-order valence-corrected chi connectivity index (χ2v) is 0. The van der Waals surface area contributed by atoms with Crippen molar-refractivity contribution in [1.82, 2.24) is 6.15 Å². The third-order valence-electron chi connectivity index (χ3n) is 0. The topological polar surface area (TPSA) is 35.0 Å². The van der Waals surface area contributed by atoms with E-state index in [2.05, 4.69) is 0 Å². The molecule has 0 aromatic rings. The van der Waals surface area contributed by atoms with Crippen molar-refractivity contribution in [3.8, 4) is 0 Å². The van der Waals surface area contributed by atoms with Gasteiger partial charge in [0.05, 0.1) is 0 Å². The van der Waals surface area contributed by atoms with Crippen LogP contribution in [0.25, 0.3) is 0 Å². The molecule has 0 aliphatic heterocycles. The van der Waals surface area contributed by atoms with E-state index < -0.39 is 0 Å². The van der Waals surface area contributed by atoms with Crippen molar-refractivity contribution >= 4 is 11.0 Å². The minimum atomic E-state index is 0. The molecule has 0 fully saturated rings. The van der Waals surface area contributed by atoms with E-state index in [-0.39, 0.29) is 58.1 Å². The summed E-state index contributed by atoms with van der Waals surface area (Å²) in [6.45, 7) is 0. The van der Waals surface area contributed by atoms with Crippen molar-refractivity contribution in [1.29, 1.82) is 0 Å². The standard InChI is InChI=1S/H3N.Nb.H4Si.V/h1H3;;1H4;. The number of rotatable bonds is 0. The first-order valence-electron chi connectivity index (χ1n) is 0. The molecule has 0 saturated carbocycles. The maximum absolute atomic E-state index is 0. The molecule has 0 aliphatic rings. The molecule has 0 aromatic heterocycles. The first-order chi connectivity index (χ1) is 0. The van der Waals surface area contributed by atoms with Crippen molar-refractivity contribution in [2.24, 2.45) is 0 Å². The first-order valence-corrected chi connectivity index (χ1v) is 0. The van der Waals surface area contributed by atoms with Crippen LogP contribution in [0.3, 0.4) is 0 Å². The summed E-state index contributed by atoms with van der Waals surface area (Å²) in [5.74, 6) is 0. The average Bonchev–Trinajstić information content (AvgIpc) is 0. The normalized spacial score (nSPS) is 0. The second-order valence-electron chi connectivity index (χ2n) is 0. The molecule has 0 unspecified atom stereocenters. The van der Waals surface area contributed by atoms with E-state index in [0.29, 0.717) is 0 Å². The van der Waals surface area contributed by atoms with Gasteiger partial charge in [0.1, 0.15) is 0 Å². The SMILES string of the molecule is N.[Nb].[SiH4].[V]. The van der Waals surface area contributed by atoms with Gasteiger partial charge in [-0.25, -0.2) is 0 Å². The van der Waals surface area contributed by atoms with Crippen LogP contribution in [0.15, 0.2) is 0 Å². The smallest absolute Gasteiger partial charge is 0 e. The van der Waals surface area contributed by atoms with E-state index in [0.717, 1.165) is 0 Å². The second kappa shape index (κ2) is 24.5. The summed E-state index contributed by atoms with van der Waals surface area (Å²) in [4.78, 5) is 0. The van der Waals surface area contributed by atoms with Gasteiger partial charge in [-0.05, 0) is 11.0 Å². The predicted molar refractivity (Wildman–Crippen MR) is 16.4 cm³/mol. The Bertz CT molecular complexity index is 8.00. The van der Waals surface area contributed by atoms with E-state index in [1.807, 2.05) is 0 Å². The van der Waals surface area contributed by atoms with E-state index in [1.54, 1.807) is 0 Å². The summed E-state index contributed by atoms with van der Waals surface area (Å²) in [5.41, 5.74) is 0. The van der Waals surface area contributed by atoms with Crippen LogP contribution in [0.5, 0.6) is 0 Å². The Balaban J connectivity index is 0. The third kappa shape index (κ3) is 9.72. The van der Waals surface area contributed by atoms with E-state index in [9.17, 15) is 0 Å². The van der Waals surface area contributed by atoms with Gasteiger partial charge in [0.15, 0.2) is 0 Å². The minimum Gasteiger partial charge on any atom is -0.344 e. The minimum absolute atomic E-state index is 0. The Labute approximate surface area is 57.9 Å².